The molecule has 14 heavy (non-hydrogen) atoms. The fraction of sp³-hybridized carbons (Fsp3) is 0.111. The summed E-state index contributed by atoms with van der Waals surface area (Å²) in [6, 6.07) is 8.07. The average Bonchev–Trinajstić information content (AvgIpc) is 2.60. The maximum Gasteiger partial charge on any atom is 0.151 e. The highest BCUT2D eigenvalue weighted by atomic mass is 32.2. The van der Waals surface area contributed by atoms with Gasteiger partial charge in [0.1, 0.15) is 5.40 Å². The Morgan fingerprint density at radius 1 is 1.43 bits per heavy atom. The number of thiazole rings is 1. The van der Waals surface area contributed by atoms with Gasteiger partial charge in [0.05, 0.1) is 15.3 Å². The van der Waals surface area contributed by atoms with Gasteiger partial charge in [0, 0.05) is 0 Å². The molecule has 1 aromatic heterocycles. The van der Waals surface area contributed by atoms with Gasteiger partial charge in [-0.1, -0.05) is 23.9 Å². The van der Waals surface area contributed by atoms with Crippen LogP contribution < -0.4 is 0 Å². The predicted octanol–water partition coefficient (Wildman–Crippen LogP) is 3.56. The van der Waals surface area contributed by atoms with Crippen LogP contribution in [0.25, 0.3) is 10.2 Å². The van der Waals surface area contributed by atoms with E-state index in [1.165, 1.54) is 16.5 Å². The van der Waals surface area contributed by atoms with Gasteiger partial charge >= 0.3 is 0 Å². The SMILES string of the molecule is N#CSCSc1nc2ccccc2s1. The molecule has 0 N–H and O–H groups in total. The van der Waals surface area contributed by atoms with Crippen LogP contribution in [0.15, 0.2) is 28.6 Å². The minimum Gasteiger partial charge on any atom is -0.230 e. The van der Waals surface area contributed by atoms with Crippen LogP contribution >= 0.6 is 34.9 Å². The fourth-order valence-corrected chi connectivity index (χ4v) is 3.67. The lowest BCUT2D eigenvalue weighted by atomic mass is 10.3. The highest BCUT2D eigenvalue weighted by molar-refractivity contribution is 8.18. The van der Waals surface area contributed by atoms with E-state index in [9.17, 15) is 0 Å². The Balaban J connectivity index is 2.15. The van der Waals surface area contributed by atoms with Crippen molar-refractivity contribution in [3.8, 4) is 5.40 Å². The van der Waals surface area contributed by atoms with E-state index >= 15 is 0 Å². The fourth-order valence-electron chi connectivity index (χ4n) is 1.02. The molecule has 2 rings (SSSR count). The molecule has 0 aliphatic carbocycles. The summed E-state index contributed by atoms with van der Waals surface area (Å²) in [5.41, 5.74) is 1.04. The minimum absolute atomic E-state index is 0.746. The summed E-state index contributed by atoms with van der Waals surface area (Å²) in [5.74, 6) is 0. The molecule has 0 aliphatic heterocycles. The van der Waals surface area contributed by atoms with Gasteiger partial charge < -0.3 is 0 Å². The third-order valence-electron chi connectivity index (χ3n) is 1.58. The van der Waals surface area contributed by atoms with Crippen LogP contribution in [0.4, 0.5) is 0 Å². The first kappa shape index (κ1) is 9.84. The van der Waals surface area contributed by atoms with Crippen molar-refractivity contribution >= 4 is 45.1 Å². The van der Waals surface area contributed by atoms with E-state index in [4.69, 9.17) is 5.26 Å². The molecule has 0 saturated heterocycles. The number of nitriles is 1. The molecule has 0 fully saturated rings. The molecule has 2 nitrogen and oxygen atoms in total. The second-order valence-corrected chi connectivity index (χ2v) is 5.82. The third-order valence-corrected chi connectivity index (χ3v) is 4.42. The van der Waals surface area contributed by atoms with Crippen LogP contribution in [0, 0.1) is 10.7 Å². The Labute approximate surface area is 94.3 Å². The zero-order chi connectivity index (χ0) is 9.80. The first-order valence-corrected chi connectivity index (χ1v) is 6.68. The molecule has 0 saturated carbocycles. The van der Waals surface area contributed by atoms with Crippen molar-refractivity contribution in [2.75, 3.05) is 5.08 Å². The number of thiocyanates is 1. The highest BCUT2D eigenvalue weighted by Gasteiger charge is 2.02. The number of fused-ring (bicyclic) bond motifs is 1. The molecular formula is C9H6N2S3. The molecule has 0 radical (unpaired) electrons. The minimum atomic E-state index is 0.746. The predicted molar refractivity (Wildman–Crippen MR) is 63.5 cm³/mol. The number of aromatic nitrogens is 1. The van der Waals surface area contributed by atoms with Crippen molar-refractivity contribution in [2.45, 2.75) is 4.34 Å². The molecule has 1 heterocycles. The average molecular weight is 238 g/mol. The number of hydrogen-bond donors (Lipinski definition) is 0. The summed E-state index contributed by atoms with van der Waals surface area (Å²) < 4.78 is 2.24. The molecule has 5 heteroatoms. The van der Waals surface area contributed by atoms with Crippen LogP contribution in [-0.2, 0) is 0 Å². The third kappa shape index (κ3) is 2.21. The number of para-hydroxylation sites is 1. The largest absolute Gasteiger partial charge is 0.230 e. The van der Waals surface area contributed by atoms with Crippen LogP contribution in [0.5, 0.6) is 0 Å². The Bertz CT molecular complexity index is 439. The van der Waals surface area contributed by atoms with Crippen molar-refractivity contribution < 1.29 is 0 Å². The lowest BCUT2D eigenvalue weighted by Crippen LogP contribution is -1.69. The van der Waals surface area contributed by atoms with Gasteiger partial charge in [0.2, 0.25) is 0 Å². The maximum atomic E-state index is 8.37. The van der Waals surface area contributed by atoms with E-state index in [1.807, 2.05) is 23.6 Å². The molecule has 0 atom stereocenters. The Morgan fingerprint density at radius 2 is 2.29 bits per heavy atom. The van der Waals surface area contributed by atoms with E-state index in [-0.39, 0.29) is 0 Å². The standard InChI is InChI=1S/C9H6N2S3/c10-5-12-6-13-9-11-7-3-1-2-4-8(7)14-9/h1-4H,6H2. The molecule has 70 valence electrons. The smallest absolute Gasteiger partial charge is 0.151 e. The lowest BCUT2D eigenvalue weighted by molar-refractivity contribution is 1.31. The van der Waals surface area contributed by atoms with Gasteiger partial charge in [0.15, 0.2) is 4.34 Å². The van der Waals surface area contributed by atoms with Crippen molar-refractivity contribution in [1.82, 2.24) is 4.98 Å². The zero-order valence-electron chi connectivity index (χ0n) is 7.14. The summed E-state index contributed by atoms with van der Waals surface area (Å²) in [6.07, 6.45) is 0. The van der Waals surface area contributed by atoms with E-state index in [0.29, 0.717) is 0 Å². The quantitative estimate of drug-likeness (QED) is 0.354. The summed E-state index contributed by atoms with van der Waals surface area (Å²) >= 11 is 4.54. The summed E-state index contributed by atoms with van der Waals surface area (Å²) in [5, 5.41) is 11.2. The molecule has 0 amide bonds. The second-order valence-electron chi connectivity index (χ2n) is 2.45. The van der Waals surface area contributed by atoms with Crippen LogP contribution in [0.3, 0.4) is 0 Å². The molecular weight excluding hydrogens is 232 g/mol. The van der Waals surface area contributed by atoms with Crippen LogP contribution in [0.2, 0.25) is 0 Å². The van der Waals surface area contributed by atoms with Crippen LogP contribution in [-0.4, -0.2) is 10.1 Å². The highest BCUT2D eigenvalue weighted by Crippen LogP contribution is 2.30. The molecule has 0 spiro atoms. The molecule has 0 unspecified atom stereocenters. The molecule has 2 aromatic rings. The van der Waals surface area contributed by atoms with Crippen molar-refractivity contribution in [3.63, 3.8) is 0 Å². The van der Waals surface area contributed by atoms with Gasteiger partial charge in [-0.3, -0.25) is 0 Å². The maximum absolute atomic E-state index is 8.37. The van der Waals surface area contributed by atoms with E-state index in [0.717, 1.165) is 14.9 Å². The van der Waals surface area contributed by atoms with E-state index < -0.39 is 0 Å². The zero-order valence-corrected chi connectivity index (χ0v) is 9.59. The van der Waals surface area contributed by atoms with E-state index in [1.54, 1.807) is 23.1 Å². The normalized spacial score (nSPS) is 10.2. The molecule has 0 bridgehead atoms. The molecule has 0 aliphatic rings. The van der Waals surface area contributed by atoms with E-state index in [2.05, 4.69) is 11.1 Å². The lowest BCUT2D eigenvalue weighted by Gasteiger charge is -1.87. The molecule has 1 aromatic carbocycles. The van der Waals surface area contributed by atoms with Gasteiger partial charge in [-0.2, -0.15) is 5.26 Å². The topological polar surface area (TPSA) is 36.7 Å². The van der Waals surface area contributed by atoms with Gasteiger partial charge in [0.25, 0.3) is 0 Å². The Hall–Kier alpha value is -0.700. The van der Waals surface area contributed by atoms with Crippen LogP contribution in [0.1, 0.15) is 0 Å². The first-order valence-electron chi connectivity index (χ1n) is 3.89. The Morgan fingerprint density at radius 3 is 3.07 bits per heavy atom. The monoisotopic (exact) mass is 238 g/mol. The van der Waals surface area contributed by atoms with Gasteiger partial charge in [-0.25, -0.2) is 4.98 Å². The number of rotatable bonds is 3. The number of thioether (sulfide) groups is 2. The summed E-state index contributed by atoms with van der Waals surface area (Å²) in [4.78, 5) is 4.44. The van der Waals surface area contributed by atoms with Crippen molar-refractivity contribution in [3.05, 3.63) is 24.3 Å². The number of nitrogens with zero attached hydrogens (tertiary/aromatic N) is 2. The van der Waals surface area contributed by atoms with Gasteiger partial charge in [-0.05, 0) is 23.9 Å². The number of benzene rings is 1. The first-order chi connectivity index (χ1) is 6.90. The van der Waals surface area contributed by atoms with Gasteiger partial charge in [-0.15, -0.1) is 11.3 Å². The Kier molecular flexibility index (Phi) is 3.30. The van der Waals surface area contributed by atoms with Crippen molar-refractivity contribution in [2.24, 2.45) is 0 Å². The summed E-state index contributed by atoms with van der Waals surface area (Å²) in [6.45, 7) is 0. The summed E-state index contributed by atoms with van der Waals surface area (Å²) in [7, 11) is 0. The van der Waals surface area contributed by atoms with Crippen molar-refractivity contribution in [1.29, 1.82) is 5.26 Å². The number of hydrogen-bond acceptors (Lipinski definition) is 5. The second kappa shape index (κ2) is 4.69.